The van der Waals surface area contributed by atoms with Gasteiger partial charge in [-0.1, -0.05) is 26.2 Å². The summed E-state index contributed by atoms with van der Waals surface area (Å²) >= 11 is 0. The number of aromatic nitrogens is 3. The van der Waals surface area contributed by atoms with Crippen molar-refractivity contribution in [3.8, 4) is 0 Å². The zero-order chi connectivity index (χ0) is 10.5. The number of imidazole rings is 1. The van der Waals surface area contributed by atoms with Crippen LogP contribution in [0.3, 0.4) is 0 Å². The quantitative estimate of drug-likeness (QED) is 0.699. The first-order valence-electron chi connectivity index (χ1n) is 5.66. The van der Waals surface area contributed by atoms with Gasteiger partial charge in [-0.05, 0) is 12.5 Å². The Hall–Kier alpha value is -1.38. The van der Waals surface area contributed by atoms with Crippen molar-refractivity contribution < 1.29 is 0 Å². The number of fused-ring (bicyclic) bond motifs is 1. The van der Waals surface area contributed by atoms with Crippen molar-refractivity contribution in [2.24, 2.45) is 0 Å². The van der Waals surface area contributed by atoms with Crippen LogP contribution in [0.2, 0.25) is 0 Å². The first kappa shape index (κ1) is 10.1. The second-order valence-electron chi connectivity index (χ2n) is 3.86. The maximum absolute atomic E-state index is 4.32. The summed E-state index contributed by atoms with van der Waals surface area (Å²) in [5.41, 5.74) is 2.19. The van der Waals surface area contributed by atoms with Gasteiger partial charge >= 0.3 is 0 Å². The summed E-state index contributed by atoms with van der Waals surface area (Å²) in [6, 6.07) is 2.03. The number of unbranched alkanes of at least 4 members (excludes halogenated alkanes) is 3. The Morgan fingerprint density at radius 1 is 1.27 bits per heavy atom. The zero-order valence-corrected chi connectivity index (χ0v) is 9.19. The van der Waals surface area contributed by atoms with Crippen LogP contribution in [0.25, 0.3) is 11.0 Å². The average molecular weight is 203 g/mol. The van der Waals surface area contributed by atoms with Crippen molar-refractivity contribution in [3.05, 3.63) is 24.8 Å². The van der Waals surface area contributed by atoms with E-state index >= 15 is 0 Å². The first-order chi connectivity index (χ1) is 7.42. The molecule has 0 fully saturated rings. The maximum atomic E-state index is 4.32. The van der Waals surface area contributed by atoms with E-state index in [4.69, 9.17) is 0 Å². The SMILES string of the molecule is CCCCCCn1cnc2cnccc21. The first-order valence-corrected chi connectivity index (χ1v) is 5.66. The molecule has 0 unspecified atom stereocenters. The van der Waals surface area contributed by atoms with Crippen molar-refractivity contribution >= 4 is 11.0 Å². The molecule has 0 spiro atoms. The van der Waals surface area contributed by atoms with E-state index in [0.29, 0.717) is 0 Å². The smallest absolute Gasteiger partial charge is 0.107 e. The van der Waals surface area contributed by atoms with Crippen LogP contribution in [0, 0.1) is 0 Å². The number of hydrogen-bond donors (Lipinski definition) is 0. The molecule has 0 N–H and O–H groups in total. The van der Waals surface area contributed by atoms with Crippen molar-refractivity contribution in [2.75, 3.05) is 0 Å². The fraction of sp³-hybridized carbons (Fsp3) is 0.500. The largest absolute Gasteiger partial charge is 0.331 e. The van der Waals surface area contributed by atoms with Crippen LogP contribution in [0.1, 0.15) is 32.6 Å². The van der Waals surface area contributed by atoms with Gasteiger partial charge in [0.25, 0.3) is 0 Å². The molecule has 3 nitrogen and oxygen atoms in total. The van der Waals surface area contributed by atoms with E-state index < -0.39 is 0 Å². The summed E-state index contributed by atoms with van der Waals surface area (Å²) in [7, 11) is 0. The normalized spacial score (nSPS) is 11.0. The molecule has 0 radical (unpaired) electrons. The fourth-order valence-corrected chi connectivity index (χ4v) is 1.80. The van der Waals surface area contributed by atoms with E-state index in [2.05, 4.69) is 21.5 Å². The Morgan fingerprint density at radius 2 is 2.20 bits per heavy atom. The lowest BCUT2D eigenvalue weighted by Gasteiger charge is -2.03. The Morgan fingerprint density at radius 3 is 3.07 bits per heavy atom. The van der Waals surface area contributed by atoms with E-state index in [1.54, 1.807) is 0 Å². The molecule has 2 heterocycles. The molecule has 15 heavy (non-hydrogen) atoms. The summed E-state index contributed by atoms with van der Waals surface area (Å²) < 4.78 is 2.21. The Kier molecular flexibility index (Phi) is 3.33. The molecule has 2 aromatic heterocycles. The fourth-order valence-electron chi connectivity index (χ4n) is 1.80. The van der Waals surface area contributed by atoms with Gasteiger partial charge in [-0.25, -0.2) is 4.98 Å². The third-order valence-electron chi connectivity index (χ3n) is 2.68. The molecule has 0 aliphatic heterocycles. The highest BCUT2D eigenvalue weighted by molar-refractivity contribution is 5.73. The van der Waals surface area contributed by atoms with Gasteiger partial charge in [0.2, 0.25) is 0 Å². The van der Waals surface area contributed by atoms with Gasteiger partial charge in [0, 0.05) is 12.7 Å². The number of nitrogens with zero attached hydrogens (tertiary/aromatic N) is 3. The lowest BCUT2D eigenvalue weighted by Crippen LogP contribution is -1.95. The minimum atomic E-state index is 0.994. The molecule has 0 amide bonds. The minimum Gasteiger partial charge on any atom is -0.331 e. The lowest BCUT2D eigenvalue weighted by molar-refractivity contribution is 0.591. The molecule has 0 saturated heterocycles. The Balaban J connectivity index is 2.02. The highest BCUT2D eigenvalue weighted by Crippen LogP contribution is 2.11. The third kappa shape index (κ3) is 2.35. The van der Waals surface area contributed by atoms with Gasteiger partial charge in [-0.3, -0.25) is 4.98 Å². The van der Waals surface area contributed by atoms with E-state index in [1.807, 2.05) is 24.8 Å². The van der Waals surface area contributed by atoms with Crippen LogP contribution in [0.15, 0.2) is 24.8 Å². The summed E-state index contributed by atoms with van der Waals surface area (Å²) in [4.78, 5) is 8.38. The van der Waals surface area contributed by atoms with Crippen molar-refractivity contribution in [2.45, 2.75) is 39.2 Å². The Bertz CT molecular complexity index is 419. The number of rotatable bonds is 5. The summed E-state index contributed by atoms with van der Waals surface area (Å²) in [6.45, 7) is 3.30. The van der Waals surface area contributed by atoms with Gasteiger partial charge < -0.3 is 4.57 Å². The Labute approximate surface area is 90.2 Å². The molecule has 0 aliphatic carbocycles. The monoisotopic (exact) mass is 203 g/mol. The predicted molar refractivity (Wildman–Crippen MR) is 61.7 cm³/mol. The highest BCUT2D eigenvalue weighted by Gasteiger charge is 2.00. The molecule has 2 aromatic rings. The van der Waals surface area contributed by atoms with Crippen LogP contribution >= 0.6 is 0 Å². The maximum Gasteiger partial charge on any atom is 0.107 e. The van der Waals surface area contributed by atoms with Gasteiger partial charge in [-0.15, -0.1) is 0 Å². The predicted octanol–water partition coefficient (Wildman–Crippen LogP) is 3.01. The zero-order valence-electron chi connectivity index (χ0n) is 9.19. The standard InChI is InChI=1S/C12H17N3/c1-2-3-4-5-8-15-10-14-11-9-13-7-6-12(11)15/h6-7,9-10H,2-5,8H2,1H3. The van der Waals surface area contributed by atoms with Gasteiger partial charge in [0.1, 0.15) is 5.52 Å². The number of aryl methyl sites for hydroxylation is 1. The van der Waals surface area contributed by atoms with E-state index in [-0.39, 0.29) is 0 Å². The van der Waals surface area contributed by atoms with Crippen molar-refractivity contribution in [1.82, 2.24) is 14.5 Å². The topological polar surface area (TPSA) is 30.7 Å². The molecular formula is C12H17N3. The molecule has 0 bridgehead atoms. The molecule has 2 rings (SSSR count). The minimum absolute atomic E-state index is 0.994. The van der Waals surface area contributed by atoms with Crippen LogP contribution in [-0.4, -0.2) is 14.5 Å². The molecule has 0 aliphatic rings. The molecular weight excluding hydrogens is 186 g/mol. The van der Waals surface area contributed by atoms with Gasteiger partial charge in [0.05, 0.1) is 18.0 Å². The molecule has 0 aromatic carbocycles. The second-order valence-corrected chi connectivity index (χ2v) is 3.86. The van der Waals surface area contributed by atoms with E-state index in [1.165, 1.54) is 31.2 Å². The van der Waals surface area contributed by atoms with Gasteiger partial charge in [0.15, 0.2) is 0 Å². The van der Waals surface area contributed by atoms with Crippen LogP contribution in [0.4, 0.5) is 0 Å². The summed E-state index contributed by atoms with van der Waals surface area (Å²) in [6.07, 6.45) is 10.7. The van der Waals surface area contributed by atoms with E-state index in [0.717, 1.165) is 12.1 Å². The van der Waals surface area contributed by atoms with Crippen LogP contribution < -0.4 is 0 Å². The number of pyridine rings is 1. The molecule has 3 heteroatoms. The average Bonchev–Trinajstić information content (AvgIpc) is 2.68. The molecule has 0 atom stereocenters. The van der Waals surface area contributed by atoms with Crippen molar-refractivity contribution in [1.29, 1.82) is 0 Å². The van der Waals surface area contributed by atoms with Crippen LogP contribution in [0.5, 0.6) is 0 Å². The van der Waals surface area contributed by atoms with E-state index in [9.17, 15) is 0 Å². The number of hydrogen-bond acceptors (Lipinski definition) is 2. The molecule has 80 valence electrons. The highest BCUT2D eigenvalue weighted by atomic mass is 15.0. The van der Waals surface area contributed by atoms with Gasteiger partial charge in [-0.2, -0.15) is 0 Å². The van der Waals surface area contributed by atoms with Crippen molar-refractivity contribution in [3.63, 3.8) is 0 Å². The molecule has 0 saturated carbocycles. The summed E-state index contributed by atoms with van der Waals surface area (Å²) in [5.74, 6) is 0. The summed E-state index contributed by atoms with van der Waals surface area (Å²) in [5, 5.41) is 0. The second kappa shape index (κ2) is 4.91. The van der Waals surface area contributed by atoms with Crippen LogP contribution in [-0.2, 0) is 6.54 Å². The third-order valence-corrected chi connectivity index (χ3v) is 2.68. The lowest BCUT2D eigenvalue weighted by atomic mass is 10.2.